The molecule has 2 rings (SSSR count). The second-order valence-corrected chi connectivity index (χ2v) is 8.35. The van der Waals surface area contributed by atoms with Gasteiger partial charge in [-0.1, -0.05) is 44.4 Å². The van der Waals surface area contributed by atoms with Crippen LogP contribution < -0.4 is 22.1 Å². The summed E-state index contributed by atoms with van der Waals surface area (Å²) in [7, 11) is 0. The van der Waals surface area contributed by atoms with Gasteiger partial charge < -0.3 is 22.1 Å². The molecule has 1 aliphatic carbocycles. The standard InChI is InChI=1S/C22H35F3N4O/c1-3-7-15-12-17(16-8-5-6-9-19(16)29-15)21(30)28-13-18(26)14(4-2)10-11-20(27)22(23,24)25/h4,11-12,14-16,18-19,29H,2-3,5-10,13,26-27H2,1H3,(H,28,30)/b20-11-. The molecule has 6 N–H and O–H groups in total. The smallest absolute Gasteiger partial charge is 0.395 e. The van der Waals surface area contributed by atoms with Crippen LogP contribution >= 0.6 is 0 Å². The maximum atomic E-state index is 12.9. The van der Waals surface area contributed by atoms with Crippen molar-refractivity contribution < 1.29 is 18.0 Å². The first-order valence-corrected chi connectivity index (χ1v) is 10.8. The molecule has 0 radical (unpaired) electrons. The van der Waals surface area contributed by atoms with Gasteiger partial charge in [-0.25, -0.2) is 0 Å². The number of carbonyl (C=O) groups is 1. The molecular weight excluding hydrogens is 393 g/mol. The summed E-state index contributed by atoms with van der Waals surface area (Å²) in [5, 5.41) is 6.57. The Bertz CT molecular complexity index is 659. The van der Waals surface area contributed by atoms with E-state index in [-0.39, 0.29) is 30.8 Å². The summed E-state index contributed by atoms with van der Waals surface area (Å²) in [4.78, 5) is 12.9. The number of rotatable bonds is 9. The van der Waals surface area contributed by atoms with E-state index < -0.39 is 23.8 Å². The van der Waals surface area contributed by atoms with Crippen molar-refractivity contribution in [2.75, 3.05) is 6.54 Å². The highest BCUT2D eigenvalue weighted by Crippen LogP contribution is 2.34. The topological polar surface area (TPSA) is 93.2 Å². The summed E-state index contributed by atoms with van der Waals surface area (Å²) in [6.45, 7) is 5.94. The van der Waals surface area contributed by atoms with E-state index >= 15 is 0 Å². The van der Waals surface area contributed by atoms with Gasteiger partial charge in [0.15, 0.2) is 0 Å². The van der Waals surface area contributed by atoms with Crippen molar-refractivity contribution in [3.05, 3.63) is 36.1 Å². The van der Waals surface area contributed by atoms with E-state index in [0.717, 1.165) is 43.8 Å². The predicted octanol–water partition coefficient (Wildman–Crippen LogP) is 3.28. The molecule has 0 bridgehead atoms. The Morgan fingerprint density at radius 1 is 1.40 bits per heavy atom. The third kappa shape index (κ3) is 6.60. The molecule has 1 aliphatic heterocycles. The lowest BCUT2D eigenvalue weighted by Gasteiger charge is -2.40. The third-order valence-corrected chi connectivity index (χ3v) is 6.12. The maximum Gasteiger partial charge on any atom is 0.430 e. The van der Waals surface area contributed by atoms with Crippen LogP contribution in [-0.4, -0.2) is 36.8 Å². The first-order valence-electron chi connectivity index (χ1n) is 10.8. The van der Waals surface area contributed by atoms with Gasteiger partial charge in [-0.2, -0.15) is 13.2 Å². The minimum atomic E-state index is -4.56. The van der Waals surface area contributed by atoms with E-state index in [4.69, 9.17) is 11.5 Å². The van der Waals surface area contributed by atoms with E-state index in [1.54, 1.807) is 0 Å². The molecule has 1 fully saturated rings. The quantitative estimate of drug-likeness (QED) is 0.424. The molecule has 0 aromatic rings. The van der Waals surface area contributed by atoms with Crippen molar-refractivity contribution in [3.63, 3.8) is 0 Å². The molecule has 0 spiro atoms. The molecule has 0 aromatic carbocycles. The van der Waals surface area contributed by atoms with E-state index in [9.17, 15) is 18.0 Å². The van der Waals surface area contributed by atoms with Crippen LogP contribution in [0.3, 0.4) is 0 Å². The third-order valence-electron chi connectivity index (χ3n) is 6.12. The Kier molecular flexibility index (Phi) is 8.97. The number of nitrogens with one attached hydrogen (secondary N) is 2. The maximum absolute atomic E-state index is 12.9. The number of nitrogens with two attached hydrogens (primary N) is 2. The summed E-state index contributed by atoms with van der Waals surface area (Å²) < 4.78 is 37.7. The average molecular weight is 429 g/mol. The van der Waals surface area contributed by atoms with Gasteiger partial charge in [0.05, 0.1) is 0 Å². The first-order chi connectivity index (χ1) is 14.2. The number of allylic oxidation sites excluding steroid dienone is 2. The Balaban J connectivity index is 1.99. The van der Waals surface area contributed by atoms with Crippen molar-refractivity contribution in [1.82, 2.24) is 10.6 Å². The van der Waals surface area contributed by atoms with E-state index in [2.05, 4.69) is 30.2 Å². The van der Waals surface area contributed by atoms with Crippen LogP contribution in [0, 0.1) is 11.8 Å². The van der Waals surface area contributed by atoms with Crippen LogP contribution in [0.2, 0.25) is 0 Å². The van der Waals surface area contributed by atoms with Crippen LogP contribution in [-0.2, 0) is 4.79 Å². The van der Waals surface area contributed by atoms with E-state index in [1.165, 1.54) is 12.5 Å². The largest absolute Gasteiger partial charge is 0.430 e. The fraction of sp³-hybridized carbons (Fsp3) is 0.682. The summed E-state index contributed by atoms with van der Waals surface area (Å²) in [5.74, 6) is -0.352. The molecule has 1 heterocycles. The van der Waals surface area contributed by atoms with Crippen LogP contribution in [0.1, 0.15) is 51.9 Å². The molecule has 0 aromatic heterocycles. The highest BCUT2D eigenvalue weighted by atomic mass is 19.4. The SMILES string of the molecule is C=CC(C/C=C(\N)C(F)(F)F)C(N)CNC(=O)C1=CC(CCC)NC2CCCCC12. The van der Waals surface area contributed by atoms with Gasteiger partial charge in [-0.15, -0.1) is 6.58 Å². The van der Waals surface area contributed by atoms with Gasteiger partial charge in [-0.3, -0.25) is 4.79 Å². The van der Waals surface area contributed by atoms with E-state index in [0.29, 0.717) is 6.04 Å². The fourth-order valence-corrected chi connectivity index (χ4v) is 4.38. The lowest BCUT2D eigenvalue weighted by atomic mass is 9.75. The lowest BCUT2D eigenvalue weighted by molar-refractivity contribution is -0.118. The zero-order valence-electron chi connectivity index (χ0n) is 17.7. The molecule has 5 nitrogen and oxygen atoms in total. The van der Waals surface area contributed by atoms with Gasteiger partial charge in [0, 0.05) is 36.2 Å². The number of carbonyl (C=O) groups excluding carboxylic acids is 1. The lowest BCUT2D eigenvalue weighted by Crippen LogP contribution is -2.51. The molecule has 5 unspecified atom stereocenters. The number of halogens is 3. The fourth-order valence-electron chi connectivity index (χ4n) is 4.38. The van der Waals surface area contributed by atoms with Crippen molar-refractivity contribution in [1.29, 1.82) is 0 Å². The number of fused-ring (bicyclic) bond motifs is 1. The number of alkyl halides is 3. The zero-order valence-corrected chi connectivity index (χ0v) is 17.7. The molecule has 2 aliphatic rings. The van der Waals surface area contributed by atoms with Crippen LogP contribution in [0.4, 0.5) is 13.2 Å². The predicted molar refractivity (Wildman–Crippen MR) is 113 cm³/mol. The Morgan fingerprint density at radius 3 is 2.73 bits per heavy atom. The van der Waals surface area contributed by atoms with Crippen molar-refractivity contribution in [2.24, 2.45) is 23.3 Å². The van der Waals surface area contributed by atoms with Gasteiger partial charge in [-0.05, 0) is 31.6 Å². The van der Waals surface area contributed by atoms with E-state index in [1.807, 2.05) is 0 Å². The van der Waals surface area contributed by atoms with Crippen molar-refractivity contribution in [3.8, 4) is 0 Å². The molecule has 8 heteroatoms. The molecular formula is C22H35F3N4O. The molecule has 5 atom stereocenters. The monoisotopic (exact) mass is 428 g/mol. The summed E-state index contributed by atoms with van der Waals surface area (Å²) in [5.41, 5.74) is 10.9. The number of hydrogen-bond donors (Lipinski definition) is 4. The second-order valence-electron chi connectivity index (χ2n) is 8.35. The Hall–Kier alpha value is -1.80. The normalized spacial score (nSPS) is 26.9. The van der Waals surface area contributed by atoms with Crippen LogP contribution in [0.25, 0.3) is 0 Å². The number of hydrogen-bond acceptors (Lipinski definition) is 4. The van der Waals surface area contributed by atoms with Gasteiger partial charge in [0.25, 0.3) is 0 Å². The van der Waals surface area contributed by atoms with Gasteiger partial charge in [0.2, 0.25) is 5.91 Å². The van der Waals surface area contributed by atoms with Crippen molar-refractivity contribution in [2.45, 2.75) is 76.2 Å². The van der Waals surface area contributed by atoms with Crippen molar-refractivity contribution >= 4 is 5.91 Å². The molecule has 170 valence electrons. The first kappa shape index (κ1) is 24.5. The van der Waals surface area contributed by atoms with Crippen LogP contribution in [0.15, 0.2) is 36.1 Å². The molecule has 1 amide bonds. The minimum absolute atomic E-state index is 0.0156. The molecule has 1 saturated carbocycles. The Labute approximate surface area is 177 Å². The summed E-state index contributed by atoms with van der Waals surface area (Å²) in [6.07, 6.45) is 6.28. The number of amides is 1. The Morgan fingerprint density at radius 2 is 2.10 bits per heavy atom. The molecule has 30 heavy (non-hydrogen) atoms. The average Bonchev–Trinajstić information content (AvgIpc) is 2.71. The second kappa shape index (κ2) is 11.0. The molecule has 0 saturated heterocycles. The minimum Gasteiger partial charge on any atom is -0.395 e. The summed E-state index contributed by atoms with van der Waals surface area (Å²) >= 11 is 0. The van der Waals surface area contributed by atoms with Gasteiger partial charge in [0.1, 0.15) is 5.70 Å². The zero-order chi connectivity index (χ0) is 22.3. The highest BCUT2D eigenvalue weighted by molar-refractivity contribution is 5.94. The highest BCUT2D eigenvalue weighted by Gasteiger charge is 2.36. The van der Waals surface area contributed by atoms with Crippen LogP contribution in [0.5, 0.6) is 0 Å². The van der Waals surface area contributed by atoms with Gasteiger partial charge >= 0.3 is 6.18 Å². The summed E-state index contributed by atoms with van der Waals surface area (Å²) in [6, 6.07) is -0.0362.